The van der Waals surface area contributed by atoms with E-state index in [-0.39, 0.29) is 0 Å². The number of aromatic amines is 2. The van der Waals surface area contributed by atoms with Crippen molar-refractivity contribution in [2.45, 2.75) is 6.18 Å². The van der Waals surface area contributed by atoms with E-state index in [0.717, 1.165) is 93.7 Å². The van der Waals surface area contributed by atoms with Crippen LogP contribution in [0.3, 0.4) is 0 Å². The quantitative estimate of drug-likeness (QED) is 0.218. The fourth-order valence-electron chi connectivity index (χ4n) is 4.62. The fourth-order valence-corrected chi connectivity index (χ4v) is 4.62. The monoisotopic (exact) mass is 548 g/mol. The Kier molecular flexibility index (Phi) is 6.29. The highest BCUT2D eigenvalue weighted by Crippen LogP contribution is 2.32. The number of rotatable bonds is 4. The van der Waals surface area contributed by atoms with Gasteiger partial charge in [0.25, 0.3) is 0 Å². The number of carboxylic acids is 1. The van der Waals surface area contributed by atoms with Gasteiger partial charge < -0.3 is 30.1 Å². The number of nitrogens with one attached hydrogen (secondary N) is 4. The largest absolute Gasteiger partial charge is 0.490 e. The first-order valence-corrected chi connectivity index (χ1v) is 12.5. The normalized spacial score (nSPS) is 14.9. The molecule has 2 aliphatic heterocycles. The van der Waals surface area contributed by atoms with Gasteiger partial charge in [-0.3, -0.25) is 9.98 Å². The van der Waals surface area contributed by atoms with Gasteiger partial charge in [0.05, 0.1) is 24.5 Å². The minimum absolute atomic E-state index is 0.808. The van der Waals surface area contributed by atoms with E-state index in [1.165, 1.54) is 0 Å². The van der Waals surface area contributed by atoms with Crippen LogP contribution in [-0.4, -0.2) is 65.1 Å². The summed E-state index contributed by atoms with van der Waals surface area (Å²) in [7, 11) is 0. The van der Waals surface area contributed by atoms with Crippen molar-refractivity contribution < 1.29 is 27.5 Å². The van der Waals surface area contributed by atoms with Crippen LogP contribution in [0.25, 0.3) is 44.7 Å². The van der Waals surface area contributed by atoms with Gasteiger partial charge >= 0.3 is 12.1 Å². The van der Waals surface area contributed by atoms with Crippen LogP contribution in [0.15, 0.2) is 75.1 Å². The lowest BCUT2D eigenvalue weighted by Gasteiger charge is -2.01. The molecular formula is C28H23F3N6O3. The number of amidine groups is 2. The molecule has 204 valence electrons. The standard InChI is InChI=1S/C26H22N6O.C2HF3O2/c1-3-17(25-27-7-8-28-25)13-19-15(1)11-21(31-19)23-5-6-24(33-23)22-12-16-2-4-18(14-20(16)32-22)26-29-9-10-30-26;3-2(4,5)1(6)7/h1-6,11-14,31-32H,7-10H2,(H,27,28)(H,29,30);(H,6,7). The zero-order chi connectivity index (χ0) is 27.9. The average Bonchev–Trinajstić information content (AvgIpc) is 3.76. The van der Waals surface area contributed by atoms with Gasteiger partial charge in [-0.2, -0.15) is 13.2 Å². The molecule has 0 saturated carbocycles. The predicted molar refractivity (Wildman–Crippen MR) is 146 cm³/mol. The number of alkyl halides is 3. The molecule has 12 heteroatoms. The van der Waals surface area contributed by atoms with E-state index in [1.54, 1.807) is 0 Å². The lowest BCUT2D eigenvalue weighted by atomic mass is 10.1. The van der Waals surface area contributed by atoms with E-state index >= 15 is 0 Å². The Morgan fingerprint density at radius 1 is 0.750 bits per heavy atom. The maximum atomic E-state index is 10.6. The Morgan fingerprint density at radius 2 is 1.20 bits per heavy atom. The molecule has 0 amide bonds. The SMILES string of the molecule is O=C(O)C(F)(F)F.c1cc2cc(-c3ccc(-c4cc5ccc(C6=NCCN6)cc5[nH]4)o3)[nH]c2cc1C1=NCCN1. The maximum Gasteiger partial charge on any atom is 0.490 e. The van der Waals surface area contributed by atoms with Gasteiger partial charge in [0.2, 0.25) is 0 Å². The summed E-state index contributed by atoms with van der Waals surface area (Å²) in [5.41, 5.74) is 6.25. The molecule has 0 saturated heterocycles. The number of furan rings is 1. The van der Waals surface area contributed by atoms with Gasteiger partial charge in [-0.15, -0.1) is 0 Å². The second-order valence-corrected chi connectivity index (χ2v) is 9.25. The van der Waals surface area contributed by atoms with Crippen molar-refractivity contribution in [1.29, 1.82) is 0 Å². The highest BCUT2D eigenvalue weighted by atomic mass is 19.4. The molecule has 2 aromatic carbocycles. The Morgan fingerprint density at radius 3 is 1.57 bits per heavy atom. The molecule has 0 aliphatic carbocycles. The van der Waals surface area contributed by atoms with E-state index in [2.05, 4.69) is 79.1 Å². The highest BCUT2D eigenvalue weighted by molar-refractivity contribution is 6.03. The van der Waals surface area contributed by atoms with Crippen molar-refractivity contribution >= 4 is 39.4 Å². The molecule has 9 nitrogen and oxygen atoms in total. The van der Waals surface area contributed by atoms with E-state index in [4.69, 9.17) is 14.3 Å². The summed E-state index contributed by atoms with van der Waals surface area (Å²) in [6, 6.07) is 21.0. The van der Waals surface area contributed by atoms with Crippen molar-refractivity contribution in [3.05, 3.63) is 71.8 Å². The minimum atomic E-state index is -5.08. The van der Waals surface area contributed by atoms with E-state index < -0.39 is 12.1 Å². The van der Waals surface area contributed by atoms with Crippen LogP contribution < -0.4 is 10.6 Å². The van der Waals surface area contributed by atoms with Gasteiger partial charge in [0.15, 0.2) is 11.5 Å². The Bertz CT molecular complexity index is 1680. The molecule has 0 atom stereocenters. The number of halogens is 3. The first kappa shape index (κ1) is 25.3. The minimum Gasteiger partial charge on any atom is -0.475 e. The van der Waals surface area contributed by atoms with Gasteiger partial charge in [-0.25, -0.2) is 4.79 Å². The molecule has 5 heterocycles. The first-order chi connectivity index (χ1) is 19.2. The number of hydrogen-bond donors (Lipinski definition) is 5. The number of fused-ring (bicyclic) bond motifs is 2. The van der Waals surface area contributed by atoms with Crippen molar-refractivity contribution in [3.8, 4) is 22.9 Å². The highest BCUT2D eigenvalue weighted by Gasteiger charge is 2.38. The number of carboxylic acid groups (broad SMARTS) is 1. The van der Waals surface area contributed by atoms with Crippen LogP contribution in [0.5, 0.6) is 0 Å². The van der Waals surface area contributed by atoms with Crippen LogP contribution in [0.4, 0.5) is 13.2 Å². The molecular weight excluding hydrogens is 525 g/mol. The third-order valence-corrected chi connectivity index (χ3v) is 6.52. The summed E-state index contributed by atoms with van der Waals surface area (Å²) in [5, 5.41) is 16.1. The number of aliphatic imine (C=N–C) groups is 2. The van der Waals surface area contributed by atoms with Crippen molar-refractivity contribution in [3.63, 3.8) is 0 Å². The van der Waals surface area contributed by atoms with Gasteiger partial charge in [-0.05, 0) is 36.4 Å². The lowest BCUT2D eigenvalue weighted by Crippen LogP contribution is -2.21. The summed E-state index contributed by atoms with van der Waals surface area (Å²) in [6.07, 6.45) is -5.08. The summed E-state index contributed by atoms with van der Waals surface area (Å²) in [6.45, 7) is 3.47. The number of benzene rings is 2. The first-order valence-electron chi connectivity index (χ1n) is 12.5. The zero-order valence-electron chi connectivity index (χ0n) is 20.9. The molecule has 3 aromatic heterocycles. The Labute approximate surface area is 224 Å². The molecule has 0 fully saturated rings. The smallest absolute Gasteiger partial charge is 0.475 e. The molecule has 2 aliphatic rings. The fraction of sp³-hybridized carbons (Fsp3) is 0.179. The predicted octanol–water partition coefficient (Wildman–Crippen LogP) is 4.91. The Balaban J connectivity index is 0.000000370. The molecule has 0 bridgehead atoms. The maximum absolute atomic E-state index is 10.6. The summed E-state index contributed by atoms with van der Waals surface area (Å²) < 4.78 is 38.0. The second-order valence-electron chi connectivity index (χ2n) is 9.25. The molecule has 0 radical (unpaired) electrons. The molecule has 5 aromatic rings. The van der Waals surface area contributed by atoms with E-state index in [0.29, 0.717) is 0 Å². The van der Waals surface area contributed by atoms with Crippen LogP contribution >= 0.6 is 0 Å². The van der Waals surface area contributed by atoms with Crippen LogP contribution in [0, 0.1) is 0 Å². The summed E-state index contributed by atoms with van der Waals surface area (Å²) in [5.74, 6) is 0.788. The number of hydrogen-bond acceptors (Lipinski definition) is 6. The molecule has 7 rings (SSSR count). The number of aliphatic carboxylic acids is 1. The molecule has 40 heavy (non-hydrogen) atoms. The van der Waals surface area contributed by atoms with Crippen LogP contribution in [0.1, 0.15) is 11.1 Å². The van der Waals surface area contributed by atoms with Gasteiger partial charge in [0, 0.05) is 46.0 Å². The van der Waals surface area contributed by atoms with Crippen molar-refractivity contribution in [2.75, 3.05) is 26.2 Å². The van der Waals surface area contributed by atoms with Crippen molar-refractivity contribution in [1.82, 2.24) is 20.6 Å². The van der Waals surface area contributed by atoms with Gasteiger partial charge in [0.1, 0.15) is 11.7 Å². The third-order valence-electron chi connectivity index (χ3n) is 6.52. The van der Waals surface area contributed by atoms with E-state index in [1.807, 2.05) is 12.1 Å². The molecule has 0 spiro atoms. The lowest BCUT2D eigenvalue weighted by molar-refractivity contribution is -0.192. The molecule has 5 N–H and O–H groups in total. The van der Waals surface area contributed by atoms with Gasteiger partial charge in [-0.1, -0.05) is 24.3 Å². The number of H-pyrrole nitrogens is 2. The third kappa shape index (κ3) is 5.03. The van der Waals surface area contributed by atoms with Crippen LogP contribution in [-0.2, 0) is 4.79 Å². The van der Waals surface area contributed by atoms with Crippen molar-refractivity contribution in [2.24, 2.45) is 9.98 Å². The number of aromatic nitrogens is 2. The second kappa shape index (κ2) is 9.95. The summed E-state index contributed by atoms with van der Waals surface area (Å²) in [4.78, 5) is 24.9. The van der Waals surface area contributed by atoms with E-state index in [9.17, 15) is 13.2 Å². The number of nitrogens with zero attached hydrogens (tertiary/aromatic N) is 2. The van der Waals surface area contributed by atoms with Crippen LogP contribution in [0.2, 0.25) is 0 Å². The Hall–Kier alpha value is -5.00. The average molecular weight is 549 g/mol. The summed E-state index contributed by atoms with van der Waals surface area (Å²) >= 11 is 0. The zero-order valence-corrected chi connectivity index (χ0v) is 20.9. The number of carbonyl (C=O) groups is 1. The topological polar surface area (TPSA) is 131 Å². The molecule has 0 unspecified atom stereocenters.